The zero-order valence-corrected chi connectivity index (χ0v) is 10.3. The Bertz CT molecular complexity index is 253. The molecule has 2 amide bonds. The largest absolute Gasteiger partial charge is 0.342 e. The Morgan fingerprint density at radius 3 is 1.47 bits per heavy atom. The molecule has 2 rings (SSSR count). The maximum atomic E-state index is 11.7. The van der Waals surface area contributed by atoms with Crippen LogP contribution < -0.4 is 5.32 Å². The SMILES string of the molecule is O=C(CNCC(=O)N1CCCC1)N1CCCC1. The molecule has 2 aliphatic heterocycles. The number of hydrogen-bond donors (Lipinski definition) is 1. The number of hydrogen-bond acceptors (Lipinski definition) is 3. The Balaban J connectivity index is 1.61. The molecular formula is C12H21N3O2. The summed E-state index contributed by atoms with van der Waals surface area (Å²) in [6.45, 7) is 4.08. The van der Waals surface area contributed by atoms with E-state index in [4.69, 9.17) is 0 Å². The molecule has 2 saturated heterocycles. The summed E-state index contributed by atoms with van der Waals surface area (Å²) in [5.41, 5.74) is 0. The zero-order chi connectivity index (χ0) is 12.1. The van der Waals surface area contributed by atoms with Crippen molar-refractivity contribution in [2.75, 3.05) is 39.3 Å². The van der Waals surface area contributed by atoms with Gasteiger partial charge in [0.15, 0.2) is 0 Å². The minimum Gasteiger partial charge on any atom is -0.342 e. The fourth-order valence-corrected chi connectivity index (χ4v) is 2.43. The topological polar surface area (TPSA) is 52.7 Å². The normalized spacial score (nSPS) is 20.0. The first-order chi connectivity index (χ1) is 8.27. The molecule has 0 aromatic rings. The molecule has 0 radical (unpaired) electrons. The molecule has 1 N–H and O–H groups in total. The van der Waals surface area contributed by atoms with Crippen LogP contribution in [0.1, 0.15) is 25.7 Å². The number of nitrogens with zero attached hydrogens (tertiary/aromatic N) is 2. The van der Waals surface area contributed by atoms with E-state index in [2.05, 4.69) is 5.32 Å². The van der Waals surface area contributed by atoms with Gasteiger partial charge < -0.3 is 9.80 Å². The summed E-state index contributed by atoms with van der Waals surface area (Å²) in [5, 5.41) is 2.96. The van der Waals surface area contributed by atoms with E-state index in [1.165, 1.54) is 0 Å². The monoisotopic (exact) mass is 239 g/mol. The predicted molar refractivity (Wildman–Crippen MR) is 64.5 cm³/mol. The molecule has 0 saturated carbocycles. The second kappa shape index (κ2) is 6.00. The molecule has 96 valence electrons. The second-order valence-electron chi connectivity index (χ2n) is 4.78. The summed E-state index contributed by atoms with van der Waals surface area (Å²) >= 11 is 0. The molecule has 0 spiro atoms. The van der Waals surface area contributed by atoms with Crippen LogP contribution in [0.3, 0.4) is 0 Å². The van der Waals surface area contributed by atoms with Crippen LogP contribution in [-0.4, -0.2) is 60.9 Å². The van der Waals surface area contributed by atoms with Gasteiger partial charge in [0.05, 0.1) is 13.1 Å². The fraction of sp³-hybridized carbons (Fsp3) is 0.833. The molecule has 17 heavy (non-hydrogen) atoms. The van der Waals surface area contributed by atoms with Crippen LogP contribution in [0.25, 0.3) is 0 Å². The van der Waals surface area contributed by atoms with Gasteiger partial charge in [0.2, 0.25) is 11.8 Å². The van der Waals surface area contributed by atoms with Gasteiger partial charge in [-0.3, -0.25) is 14.9 Å². The second-order valence-corrected chi connectivity index (χ2v) is 4.78. The number of likely N-dealkylation sites (tertiary alicyclic amines) is 2. The minimum atomic E-state index is 0.122. The first-order valence-corrected chi connectivity index (χ1v) is 6.53. The van der Waals surface area contributed by atoms with E-state index < -0.39 is 0 Å². The van der Waals surface area contributed by atoms with Crippen molar-refractivity contribution in [3.63, 3.8) is 0 Å². The number of amides is 2. The number of rotatable bonds is 4. The van der Waals surface area contributed by atoms with E-state index in [1.807, 2.05) is 9.80 Å². The average Bonchev–Trinajstić information content (AvgIpc) is 3.02. The molecule has 0 atom stereocenters. The first kappa shape index (κ1) is 12.4. The van der Waals surface area contributed by atoms with Crippen LogP contribution in [0.5, 0.6) is 0 Å². The van der Waals surface area contributed by atoms with Crippen molar-refractivity contribution in [3.8, 4) is 0 Å². The maximum absolute atomic E-state index is 11.7. The zero-order valence-electron chi connectivity index (χ0n) is 10.3. The summed E-state index contributed by atoms with van der Waals surface area (Å²) in [6.07, 6.45) is 4.44. The smallest absolute Gasteiger partial charge is 0.236 e. The average molecular weight is 239 g/mol. The van der Waals surface area contributed by atoms with Crippen LogP contribution in [0, 0.1) is 0 Å². The lowest BCUT2D eigenvalue weighted by molar-refractivity contribution is -0.130. The van der Waals surface area contributed by atoms with Crippen molar-refractivity contribution in [1.29, 1.82) is 0 Å². The van der Waals surface area contributed by atoms with Gasteiger partial charge in [-0.2, -0.15) is 0 Å². The van der Waals surface area contributed by atoms with E-state index in [0.29, 0.717) is 13.1 Å². The van der Waals surface area contributed by atoms with Crippen molar-refractivity contribution in [3.05, 3.63) is 0 Å². The molecule has 0 unspecified atom stereocenters. The Kier molecular flexibility index (Phi) is 4.36. The predicted octanol–water partition coefficient (Wildman–Crippen LogP) is -0.179. The number of nitrogens with one attached hydrogen (secondary N) is 1. The van der Waals surface area contributed by atoms with Crippen molar-refractivity contribution in [2.45, 2.75) is 25.7 Å². The Labute approximate surface area is 102 Å². The van der Waals surface area contributed by atoms with Crippen molar-refractivity contribution < 1.29 is 9.59 Å². The van der Waals surface area contributed by atoms with Crippen LogP contribution in [-0.2, 0) is 9.59 Å². The van der Waals surface area contributed by atoms with E-state index in [1.54, 1.807) is 0 Å². The molecule has 0 bridgehead atoms. The molecule has 0 aromatic heterocycles. The quantitative estimate of drug-likeness (QED) is 0.740. The summed E-state index contributed by atoms with van der Waals surface area (Å²) in [7, 11) is 0. The van der Waals surface area contributed by atoms with E-state index in [0.717, 1.165) is 51.9 Å². The lowest BCUT2D eigenvalue weighted by Gasteiger charge is -2.17. The van der Waals surface area contributed by atoms with Crippen molar-refractivity contribution >= 4 is 11.8 Å². The van der Waals surface area contributed by atoms with Gasteiger partial charge in [-0.25, -0.2) is 0 Å². The van der Waals surface area contributed by atoms with Gasteiger partial charge >= 0.3 is 0 Å². The van der Waals surface area contributed by atoms with Crippen LogP contribution in [0.15, 0.2) is 0 Å². The summed E-state index contributed by atoms with van der Waals surface area (Å²) in [6, 6.07) is 0. The minimum absolute atomic E-state index is 0.122. The van der Waals surface area contributed by atoms with Crippen LogP contribution in [0.2, 0.25) is 0 Å². The van der Waals surface area contributed by atoms with Crippen LogP contribution in [0.4, 0.5) is 0 Å². The third-order valence-corrected chi connectivity index (χ3v) is 3.47. The summed E-state index contributed by atoms with van der Waals surface area (Å²) in [4.78, 5) is 27.1. The third kappa shape index (κ3) is 3.43. The van der Waals surface area contributed by atoms with Gasteiger partial charge in [-0.1, -0.05) is 0 Å². The lowest BCUT2D eigenvalue weighted by Crippen LogP contribution is -2.41. The van der Waals surface area contributed by atoms with Crippen LogP contribution >= 0.6 is 0 Å². The molecule has 2 aliphatic rings. The molecule has 0 aliphatic carbocycles. The van der Waals surface area contributed by atoms with E-state index >= 15 is 0 Å². The molecule has 2 fully saturated rings. The first-order valence-electron chi connectivity index (χ1n) is 6.53. The van der Waals surface area contributed by atoms with Crippen molar-refractivity contribution in [1.82, 2.24) is 15.1 Å². The van der Waals surface area contributed by atoms with Gasteiger partial charge in [0, 0.05) is 26.2 Å². The van der Waals surface area contributed by atoms with Gasteiger partial charge in [-0.05, 0) is 25.7 Å². The highest BCUT2D eigenvalue weighted by molar-refractivity contribution is 5.81. The summed E-state index contributed by atoms with van der Waals surface area (Å²) in [5.74, 6) is 0.244. The highest BCUT2D eigenvalue weighted by Crippen LogP contribution is 2.07. The lowest BCUT2D eigenvalue weighted by atomic mass is 10.4. The molecule has 0 aromatic carbocycles. The Morgan fingerprint density at radius 1 is 0.765 bits per heavy atom. The molecule has 5 nitrogen and oxygen atoms in total. The van der Waals surface area contributed by atoms with Gasteiger partial charge in [-0.15, -0.1) is 0 Å². The molecular weight excluding hydrogens is 218 g/mol. The third-order valence-electron chi connectivity index (χ3n) is 3.47. The maximum Gasteiger partial charge on any atom is 0.236 e. The number of carbonyl (C=O) groups is 2. The van der Waals surface area contributed by atoms with Crippen molar-refractivity contribution in [2.24, 2.45) is 0 Å². The highest BCUT2D eigenvalue weighted by Gasteiger charge is 2.19. The van der Waals surface area contributed by atoms with E-state index in [9.17, 15) is 9.59 Å². The summed E-state index contributed by atoms with van der Waals surface area (Å²) < 4.78 is 0. The van der Waals surface area contributed by atoms with Gasteiger partial charge in [0.25, 0.3) is 0 Å². The van der Waals surface area contributed by atoms with Gasteiger partial charge in [0.1, 0.15) is 0 Å². The Hall–Kier alpha value is -1.10. The molecule has 5 heteroatoms. The van der Waals surface area contributed by atoms with E-state index in [-0.39, 0.29) is 11.8 Å². The molecule has 2 heterocycles. The fourth-order valence-electron chi connectivity index (χ4n) is 2.43. The number of carbonyl (C=O) groups excluding carboxylic acids is 2. The standard InChI is InChI=1S/C12H21N3O2/c16-11(14-5-1-2-6-14)9-13-10-12(17)15-7-3-4-8-15/h13H,1-10H2. The highest BCUT2D eigenvalue weighted by atomic mass is 16.2. The Morgan fingerprint density at radius 2 is 1.12 bits per heavy atom.